The number of methoxy groups -OCH3 is 1. The molecule has 4 aliphatic carbocycles. The zero-order chi connectivity index (χ0) is 26.4. The molecule has 0 heterocycles. The predicted octanol–water partition coefficient (Wildman–Crippen LogP) is 5.49. The van der Waals surface area contributed by atoms with Crippen LogP contribution in [0.2, 0.25) is 0 Å². The third-order valence-corrected chi connectivity index (χ3v) is 11.5. The van der Waals surface area contributed by atoms with Gasteiger partial charge in [0.15, 0.2) is 0 Å². The first kappa shape index (κ1) is 28.3. The fraction of sp³-hybridized carbons (Fsp3) is 0.871. The largest absolute Gasteiger partial charge is 0.396 e. The van der Waals surface area contributed by atoms with Crippen molar-refractivity contribution in [3.63, 3.8) is 0 Å². The molecule has 3 N–H and O–H groups in total. The van der Waals surface area contributed by atoms with Crippen LogP contribution in [0, 0.1) is 46.3 Å². The molecule has 0 radical (unpaired) electrons. The minimum Gasteiger partial charge on any atom is -0.396 e. The lowest BCUT2D eigenvalue weighted by atomic mass is 9.60. The molecule has 0 aliphatic heterocycles. The van der Waals surface area contributed by atoms with E-state index in [-0.39, 0.29) is 41.5 Å². The quantitative estimate of drug-likeness (QED) is 0.256. The second-order valence-corrected chi connectivity index (χ2v) is 13.5. The third kappa shape index (κ3) is 4.66. The smallest absolute Gasteiger partial charge is 0.147 e. The molecular formula is C31H52O5. The van der Waals surface area contributed by atoms with Gasteiger partial charge in [-0.3, -0.25) is 0 Å². The maximum atomic E-state index is 11.2. The third-order valence-electron chi connectivity index (χ3n) is 11.5. The van der Waals surface area contributed by atoms with Gasteiger partial charge in [-0.2, -0.15) is 0 Å². The summed E-state index contributed by atoms with van der Waals surface area (Å²) >= 11 is 0. The zero-order valence-corrected chi connectivity index (χ0v) is 23.6. The SMILES string of the molecule is COCOC(C)(C)[C@@H](C)/C=C/[C@@H](C)[C@H]1CC[C@H]2/C(=C/[C@@H](CO)[C@]34C[C@H]3CCC4(O)CO)CCC[C@]12C. The Kier molecular flexibility index (Phi) is 8.21. The zero-order valence-electron chi connectivity index (χ0n) is 23.6. The highest BCUT2D eigenvalue weighted by Gasteiger charge is 2.72. The van der Waals surface area contributed by atoms with Crippen molar-refractivity contribution in [2.75, 3.05) is 27.1 Å². The molecule has 9 atom stereocenters. The van der Waals surface area contributed by atoms with Crippen molar-refractivity contribution in [3.05, 3.63) is 23.8 Å². The fourth-order valence-electron chi connectivity index (χ4n) is 8.77. The highest BCUT2D eigenvalue weighted by molar-refractivity contribution is 5.28. The molecule has 1 unspecified atom stereocenters. The molecule has 0 spiro atoms. The van der Waals surface area contributed by atoms with E-state index in [2.05, 4.69) is 52.8 Å². The number of aliphatic hydroxyl groups is 3. The number of allylic oxidation sites excluding steroid dienone is 2. The van der Waals surface area contributed by atoms with Crippen molar-refractivity contribution < 1.29 is 24.8 Å². The summed E-state index contributed by atoms with van der Waals surface area (Å²) in [5, 5.41) is 31.7. The van der Waals surface area contributed by atoms with Gasteiger partial charge in [0.2, 0.25) is 0 Å². The van der Waals surface area contributed by atoms with Crippen LogP contribution < -0.4 is 0 Å². The van der Waals surface area contributed by atoms with Crippen LogP contribution in [0.1, 0.15) is 86.0 Å². The second-order valence-electron chi connectivity index (χ2n) is 13.5. The molecule has 4 saturated carbocycles. The van der Waals surface area contributed by atoms with E-state index < -0.39 is 5.60 Å². The predicted molar refractivity (Wildman–Crippen MR) is 143 cm³/mol. The van der Waals surface area contributed by atoms with Crippen LogP contribution in [0.3, 0.4) is 0 Å². The molecule has 4 rings (SSSR count). The first-order valence-electron chi connectivity index (χ1n) is 14.4. The van der Waals surface area contributed by atoms with Gasteiger partial charge in [-0.1, -0.05) is 44.6 Å². The van der Waals surface area contributed by atoms with Crippen LogP contribution in [-0.4, -0.2) is 53.6 Å². The standard InChI is InChI=1S/C31H52O5/c1-21(9-10-22(2)28(3,4)36-20-35-6)26-11-12-27-23(8-7-14-29(26,27)5)16-25(18-32)31-17-24(31)13-15-30(31,34)19-33/h9-10,16,21-22,24-27,32-34H,7-8,11-15,17-20H2,1-6H3/b10-9+,23-16+/t21-,22+,24-,25+,26-,27+,29-,30?,31+/m1/s1. The van der Waals surface area contributed by atoms with E-state index in [0.717, 1.165) is 19.3 Å². The van der Waals surface area contributed by atoms with E-state index >= 15 is 0 Å². The summed E-state index contributed by atoms with van der Waals surface area (Å²) in [4.78, 5) is 0. The Bertz CT molecular complexity index is 835. The molecular weight excluding hydrogens is 452 g/mol. The Hall–Kier alpha value is -0.720. The molecule has 0 aromatic carbocycles. The van der Waals surface area contributed by atoms with Gasteiger partial charge in [-0.25, -0.2) is 0 Å². The maximum Gasteiger partial charge on any atom is 0.147 e. The van der Waals surface area contributed by atoms with Crippen molar-refractivity contribution in [1.82, 2.24) is 0 Å². The molecule has 0 bridgehead atoms. The summed E-state index contributed by atoms with van der Waals surface area (Å²) in [7, 11) is 1.66. The van der Waals surface area contributed by atoms with Gasteiger partial charge in [-0.05, 0) is 94.3 Å². The number of fused-ring (bicyclic) bond motifs is 2. The number of hydrogen-bond donors (Lipinski definition) is 3. The number of hydrogen-bond acceptors (Lipinski definition) is 5. The van der Waals surface area contributed by atoms with Crippen molar-refractivity contribution >= 4 is 0 Å². The van der Waals surface area contributed by atoms with Gasteiger partial charge >= 0.3 is 0 Å². The average Bonchev–Trinajstić information content (AvgIpc) is 3.39. The maximum absolute atomic E-state index is 11.2. The summed E-state index contributed by atoms with van der Waals surface area (Å²) in [6.07, 6.45) is 15.7. The number of ether oxygens (including phenoxy) is 2. The Morgan fingerprint density at radius 2 is 1.86 bits per heavy atom. The van der Waals surface area contributed by atoms with Gasteiger partial charge in [0.1, 0.15) is 6.79 Å². The summed E-state index contributed by atoms with van der Waals surface area (Å²) in [6.45, 7) is 11.5. The van der Waals surface area contributed by atoms with E-state index in [1.807, 2.05) is 0 Å². The summed E-state index contributed by atoms with van der Waals surface area (Å²) in [5.74, 6) is 2.37. The minimum atomic E-state index is -1.03. The van der Waals surface area contributed by atoms with Gasteiger partial charge in [0, 0.05) is 31.0 Å². The molecule has 36 heavy (non-hydrogen) atoms. The first-order valence-corrected chi connectivity index (χ1v) is 14.4. The van der Waals surface area contributed by atoms with E-state index in [0.29, 0.717) is 36.9 Å². The van der Waals surface area contributed by atoms with Gasteiger partial charge in [0.05, 0.1) is 17.8 Å². The molecule has 4 fully saturated rings. The first-order chi connectivity index (χ1) is 17.0. The van der Waals surface area contributed by atoms with Crippen LogP contribution in [0.15, 0.2) is 23.8 Å². The fourth-order valence-corrected chi connectivity index (χ4v) is 8.77. The molecule has 0 aromatic heterocycles. The second kappa shape index (κ2) is 10.4. The highest BCUT2D eigenvalue weighted by Crippen LogP contribution is 2.72. The van der Waals surface area contributed by atoms with E-state index in [1.165, 1.54) is 31.3 Å². The Balaban J connectivity index is 1.49. The van der Waals surface area contributed by atoms with Crippen LogP contribution in [0.5, 0.6) is 0 Å². The Morgan fingerprint density at radius 3 is 2.50 bits per heavy atom. The Morgan fingerprint density at radius 1 is 1.11 bits per heavy atom. The van der Waals surface area contributed by atoms with Gasteiger partial charge in [0.25, 0.3) is 0 Å². The number of rotatable bonds is 11. The number of aliphatic hydroxyl groups excluding tert-OH is 2. The van der Waals surface area contributed by atoms with Gasteiger partial charge in [-0.15, -0.1) is 0 Å². The average molecular weight is 505 g/mol. The lowest BCUT2D eigenvalue weighted by Crippen LogP contribution is -2.46. The van der Waals surface area contributed by atoms with Crippen molar-refractivity contribution in [2.24, 2.45) is 46.3 Å². The normalized spacial score (nSPS) is 41.9. The molecule has 5 nitrogen and oxygen atoms in total. The molecule has 0 aromatic rings. The van der Waals surface area contributed by atoms with E-state index in [1.54, 1.807) is 7.11 Å². The van der Waals surface area contributed by atoms with Crippen LogP contribution in [-0.2, 0) is 9.47 Å². The van der Waals surface area contributed by atoms with Crippen LogP contribution >= 0.6 is 0 Å². The molecule has 0 saturated heterocycles. The van der Waals surface area contributed by atoms with Gasteiger partial charge < -0.3 is 24.8 Å². The van der Waals surface area contributed by atoms with Crippen LogP contribution in [0.25, 0.3) is 0 Å². The topological polar surface area (TPSA) is 79.2 Å². The molecule has 206 valence electrons. The highest BCUT2D eigenvalue weighted by atomic mass is 16.7. The van der Waals surface area contributed by atoms with Crippen molar-refractivity contribution in [2.45, 2.75) is 97.2 Å². The van der Waals surface area contributed by atoms with E-state index in [9.17, 15) is 15.3 Å². The van der Waals surface area contributed by atoms with E-state index in [4.69, 9.17) is 9.47 Å². The lowest BCUT2D eigenvalue weighted by molar-refractivity contribution is -0.128. The summed E-state index contributed by atoms with van der Waals surface area (Å²) in [5.41, 5.74) is 0.151. The summed E-state index contributed by atoms with van der Waals surface area (Å²) < 4.78 is 11.0. The lowest BCUT2D eigenvalue weighted by Gasteiger charge is -2.45. The molecule has 5 heteroatoms. The van der Waals surface area contributed by atoms with Crippen molar-refractivity contribution in [3.8, 4) is 0 Å². The molecule has 0 amide bonds. The monoisotopic (exact) mass is 504 g/mol. The van der Waals surface area contributed by atoms with Crippen molar-refractivity contribution in [1.29, 1.82) is 0 Å². The van der Waals surface area contributed by atoms with Crippen LogP contribution in [0.4, 0.5) is 0 Å². The minimum absolute atomic E-state index is 0.0500. The molecule has 4 aliphatic rings. The summed E-state index contributed by atoms with van der Waals surface area (Å²) in [6, 6.07) is 0. The Labute approximate surface area is 219 Å².